The number of benzene rings is 2. The van der Waals surface area contributed by atoms with Gasteiger partial charge in [0.1, 0.15) is 11.6 Å². The third-order valence-electron chi connectivity index (χ3n) is 2.32. The zero-order valence-electron chi connectivity index (χ0n) is 9.47. The van der Waals surface area contributed by atoms with E-state index >= 15 is 0 Å². The number of rotatable bonds is 3. The molecule has 0 amide bonds. The summed E-state index contributed by atoms with van der Waals surface area (Å²) in [6.45, 7) is 0. The quantitative estimate of drug-likeness (QED) is 0.916. The van der Waals surface area contributed by atoms with Crippen molar-refractivity contribution in [3.8, 4) is 5.75 Å². The summed E-state index contributed by atoms with van der Waals surface area (Å²) in [4.78, 5) is -0.0929. The molecule has 4 nitrogen and oxygen atoms in total. The van der Waals surface area contributed by atoms with Crippen molar-refractivity contribution in [3.05, 3.63) is 53.3 Å². The first-order chi connectivity index (χ1) is 8.88. The molecule has 2 rings (SSSR count). The van der Waals surface area contributed by atoms with Crippen molar-refractivity contribution in [3.63, 3.8) is 0 Å². The Hall–Kier alpha value is -1.79. The van der Waals surface area contributed by atoms with Gasteiger partial charge in [0.25, 0.3) is 10.0 Å². The summed E-state index contributed by atoms with van der Waals surface area (Å²) < 4.78 is 39.5. The van der Waals surface area contributed by atoms with Crippen LogP contribution in [0.5, 0.6) is 5.75 Å². The molecule has 0 spiro atoms. The number of aromatic hydroxyl groups is 1. The lowest BCUT2D eigenvalue weighted by atomic mass is 10.3. The Morgan fingerprint density at radius 3 is 2.37 bits per heavy atom. The molecule has 0 bridgehead atoms. The highest BCUT2D eigenvalue weighted by molar-refractivity contribution is 7.92. The van der Waals surface area contributed by atoms with Crippen LogP contribution in [0.3, 0.4) is 0 Å². The van der Waals surface area contributed by atoms with E-state index in [2.05, 4.69) is 4.72 Å². The summed E-state index contributed by atoms with van der Waals surface area (Å²) in [5, 5.41) is 9.31. The molecule has 0 aliphatic rings. The van der Waals surface area contributed by atoms with Gasteiger partial charge in [0.2, 0.25) is 0 Å². The molecule has 2 aromatic rings. The number of phenols is 1. The molecule has 0 aliphatic carbocycles. The van der Waals surface area contributed by atoms with Gasteiger partial charge in [-0.1, -0.05) is 11.6 Å². The summed E-state index contributed by atoms with van der Waals surface area (Å²) in [6, 6.07) is 8.42. The number of anilines is 1. The number of halogens is 2. The molecule has 0 radical (unpaired) electrons. The summed E-state index contributed by atoms with van der Waals surface area (Å²) in [5.41, 5.74) is -0.236. The highest BCUT2D eigenvalue weighted by atomic mass is 35.5. The zero-order valence-corrected chi connectivity index (χ0v) is 11.0. The van der Waals surface area contributed by atoms with E-state index in [1.165, 1.54) is 36.4 Å². The molecule has 0 fully saturated rings. The average molecular weight is 302 g/mol. The minimum Gasteiger partial charge on any atom is -0.508 e. The van der Waals surface area contributed by atoms with Gasteiger partial charge in [0.05, 0.1) is 10.6 Å². The SMILES string of the molecule is O=S(=O)(Nc1cc(Cl)ccc1F)c1ccc(O)cc1. The van der Waals surface area contributed by atoms with Gasteiger partial charge < -0.3 is 5.11 Å². The Balaban J connectivity index is 2.36. The second-order valence-corrected chi connectivity index (χ2v) is 5.84. The molecular formula is C12H9ClFNO3S. The molecule has 2 aromatic carbocycles. The highest BCUT2D eigenvalue weighted by Gasteiger charge is 2.16. The monoisotopic (exact) mass is 301 g/mol. The van der Waals surface area contributed by atoms with Gasteiger partial charge in [-0.05, 0) is 42.5 Å². The van der Waals surface area contributed by atoms with Crippen LogP contribution in [0.15, 0.2) is 47.4 Å². The van der Waals surface area contributed by atoms with Crippen LogP contribution >= 0.6 is 11.6 Å². The van der Waals surface area contributed by atoms with E-state index in [-0.39, 0.29) is 21.4 Å². The van der Waals surface area contributed by atoms with Gasteiger partial charge in [-0.15, -0.1) is 0 Å². The molecule has 0 saturated heterocycles. The molecule has 7 heteroatoms. The third kappa shape index (κ3) is 3.15. The van der Waals surface area contributed by atoms with E-state index in [0.29, 0.717) is 0 Å². The summed E-state index contributed by atoms with van der Waals surface area (Å²) in [6.07, 6.45) is 0. The van der Waals surface area contributed by atoms with Crippen LogP contribution < -0.4 is 4.72 Å². The fourth-order valence-electron chi connectivity index (χ4n) is 1.40. The third-order valence-corrected chi connectivity index (χ3v) is 3.94. The second kappa shape index (κ2) is 5.07. The molecule has 100 valence electrons. The zero-order chi connectivity index (χ0) is 14.0. The average Bonchev–Trinajstić information content (AvgIpc) is 2.34. The number of nitrogens with one attached hydrogen (secondary N) is 1. The van der Waals surface area contributed by atoms with Crippen molar-refractivity contribution in [2.24, 2.45) is 0 Å². The van der Waals surface area contributed by atoms with Crippen LogP contribution in [0.25, 0.3) is 0 Å². The fraction of sp³-hybridized carbons (Fsp3) is 0. The maximum atomic E-state index is 13.5. The van der Waals surface area contributed by atoms with Crippen LogP contribution in [0.2, 0.25) is 5.02 Å². The molecular weight excluding hydrogens is 293 g/mol. The first kappa shape index (κ1) is 13.6. The molecule has 2 N–H and O–H groups in total. The molecule has 0 aliphatic heterocycles. The lowest BCUT2D eigenvalue weighted by molar-refractivity contribution is 0.475. The summed E-state index contributed by atoms with van der Waals surface area (Å²) in [7, 11) is -3.93. The van der Waals surface area contributed by atoms with Gasteiger partial charge in [-0.2, -0.15) is 0 Å². The minimum absolute atomic E-state index is 0.0621. The summed E-state index contributed by atoms with van der Waals surface area (Å²) in [5.74, 6) is -0.792. The van der Waals surface area contributed by atoms with E-state index in [4.69, 9.17) is 16.7 Å². The smallest absolute Gasteiger partial charge is 0.261 e. The second-order valence-electron chi connectivity index (χ2n) is 3.72. The van der Waals surface area contributed by atoms with Crippen LogP contribution in [0, 0.1) is 5.82 Å². The topological polar surface area (TPSA) is 66.4 Å². The van der Waals surface area contributed by atoms with E-state index in [0.717, 1.165) is 6.07 Å². The van der Waals surface area contributed by atoms with Gasteiger partial charge >= 0.3 is 0 Å². The Labute approximate surface area is 114 Å². The van der Waals surface area contributed by atoms with Crippen LogP contribution in [0.1, 0.15) is 0 Å². The van der Waals surface area contributed by atoms with E-state index < -0.39 is 15.8 Å². The van der Waals surface area contributed by atoms with Crippen molar-refractivity contribution in [2.45, 2.75) is 4.90 Å². The number of phenolic OH excluding ortho intramolecular Hbond substituents is 1. The highest BCUT2D eigenvalue weighted by Crippen LogP contribution is 2.23. The number of hydrogen-bond acceptors (Lipinski definition) is 3. The molecule has 0 unspecified atom stereocenters. The Bertz CT molecular complexity index is 701. The molecule has 19 heavy (non-hydrogen) atoms. The van der Waals surface area contributed by atoms with E-state index in [1.54, 1.807) is 0 Å². The fourth-order valence-corrected chi connectivity index (χ4v) is 2.63. The lowest BCUT2D eigenvalue weighted by Gasteiger charge is -2.09. The molecule has 0 atom stereocenters. The van der Waals surface area contributed by atoms with Gasteiger partial charge in [0, 0.05) is 5.02 Å². The van der Waals surface area contributed by atoms with Crippen LogP contribution in [-0.4, -0.2) is 13.5 Å². The molecule has 0 heterocycles. The van der Waals surface area contributed by atoms with E-state index in [9.17, 15) is 12.8 Å². The normalized spacial score (nSPS) is 11.3. The van der Waals surface area contributed by atoms with Crippen molar-refractivity contribution in [2.75, 3.05) is 4.72 Å². The minimum atomic E-state index is -3.93. The standard InChI is InChI=1S/C12H9ClFNO3S/c13-8-1-6-11(14)12(7-8)15-19(17,18)10-4-2-9(16)3-5-10/h1-7,15-16H. The van der Waals surface area contributed by atoms with E-state index in [1.807, 2.05) is 0 Å². The molecule has 0 saturated carbocycles. The van der Waals surface area contributed by atoms with Crippen LogP contribution in [-0.2, 0) is 10.0 Å². The first-order valence-electron chi connectivity index (χ1n) is 5.15. The number of sulfonamides is 1. The summed E-state index contributed by atoms with van der Waals surface area (Å²) >= 11 is 5.68. The van der Waals surface area contributed by atoms with Crippen molar-refractivity contribution >= 4 is 27.3 Å². The molecule has 0 aromatic heterocycles. The Kier molecular flexibility index (Phi) is 3.64. The predicted octanol–water partition coefficient (Wildman–Crippen LogP) is 2.99. The maximum Gasteiger partial charge on any atom is 0.261 e. The lowest BCUT2D eigenvalue weighted by Crippen LogP contribution is -2.13. The van der Waals surface area contributed by atoms with Gasteiger partial charge in [0.15, 0.2) is 0 Å². The Morgan fingerprint density at radius 2 is 1.74 bits per heavy atom. The van der Waals surface area contributed by atoms with Gasteiger partial charge in [-0.25, -0.2) is 12.8 Å². The van der Waals surface area contributed by atoms with Gasteiger partial charge in [-0.3, -0.25) is 4.72 Å². The largest absolute Gasteiger partial charge is 0.508 e. The van der Waals surface area contributed by atoms with Crippen molar-refractivity contribution < 1.29 is 17.9 Å². The van der Waals surface area contributed by atoms with Crippen LogP contribution in [0.4, 0.5) is 10.1 Å². The number of hydrogen-bond donors (Lipinski definition) is 2. The van der Waals surface area contributed by atoms with Crippen molar-refractivity contribution in [1.29, 1.82) is 0 Å². The Morgan fingerprint density at radius 1 is 1.11 bits per heavy atom. The maximum absolute atomic E-state index is 13.5. The predicted molar refractivity (Wildman–Crippen MR) is 70.3 cm³/mol. The first-order valence-corrected chi connectivity index (χ1v) is 7.01. The van der Waals surface area contributed by atoms with Crippen molar-refractivity contribution in [1.82, 2.24) is 0 Å².